The van der Waals surface area contributed by atoms with Crippen molar-refractivity contribution in [3.05, 3.63) is 0 Å². The summed E-state index contributed by atoms with van der Waals surface area (Å²) in [6, 6.07) is 0. The average Bonchev–Trinajstić information content (AvgIpc) is 2.80. The Bertz CT molecular complexity index is 894. The number of hydrogen-bond donors (Lipinski definition) is 4. The summed E-state index contributed by atoms with van der Waals surface area (Å²) in [5.74, 6) is -4.27. The largest absolute Gasteiger partial charge is 0.478 e. The number of nitrogens with zero attached hydrogens (tertiary/aromatic N) is 4. The second kappa shape index (κ2) is 16.1. The molecule has 3 atom stereocenters. The van der Waals surface area contributed by atoms with Crippen LogP contribution in [0, 0.1) is 0 Å². The van der Waals surface area contributed by atoms with E-state index in [4.69, 9.17) is 19.9 Å². The van der Waals surface area contributed by atoms with E-state index in [9.17, 15) is 34.5 Å². The van der Waals surface area contributed by atoms with Crippen LogP contribution in [0.5, 0.6) is 0 Å². The molecule has 0 saturated carbocycles. The third kappa shape index (κ3) is 15.2. The van der Waals surface area contributed by atoms with Gasteiger partial charge in [-0.05, 0) is 62.3 Å². The van der Waals surface area contributed by atoms with Gasteiger partial charge in [0.25, 0.3) is 0 Å². The molecule has 0 bridgehead atoms. The topological polar surface area (TPSA) is 196 Å². The molecule has 43 heavy (non-hydrogen) atoms. The van der Waals surface area contributed by atoms with Crippen LogP contribution in [0.15, 0.2) is 0 Å². The fourth-order valence-corrected chi connectivity index (χ4v) is 4.43. The van der Waals surface area contributed by atoms with E-state index in [0.29, 0.717) is 0 Å². The highest BCUT2D eigenvalue weighted by atomic mass is 16.6. The van der Waals surface area contributed by atoms with Gasteiger partial charge in [-0.2, -0.15) is 0 Å². The lowest BCUT2D eigenvalue weighted by atomic mass is 10.2. The number of carbonyl (C=O) groups excluding carboxylic acids is 1. The van der Waals surface area contributed by atoms with Gasteiger partial charge >= 0.3 is 17.9 Å². The summed E-state index contributed by atoms with van der Waals surface area (Å²) in [7, 11) is 0. The van der Waals surface area contributed by atoms with Gasteiger partial charge in [0.2, 0.25) is 24.6 Å². The van der Waals surface area contributed by atoms with Crippen LogP contribution in [0.3, 0.4) is 0 Å². The molecule has 0 aromatic rings. The Morgan fingerprint density at radius 2 is 0.791 bits per heavy atom. The quantitative estimate of drug-likeness (QED) is 0.248. The summed E-state index contributed by atoms with van der Waals surface area (Å²) in [5, 5.41) is 30.3. The van der Waals surface area contributed by atoms with Gasteiger partial charge in [-0.1, -0.05) is 0 Å². The third-order valence-electron chi connectivity index (χ3n) is 6.16. The Morgan fingerprint density at radius 3 is 0.977 bits per heavy atom. The monoisotopic (exact) mass is 619 g/mol. The zero-order chi connectivity index (χ0) is 33.3. The minimum absolute atomic E-state index is 0.0475. The molecule has 250 valence electrons. The first-order valence-corrected chi connectivity index (χ1v) is 14.4. The van der Waals surface area contributed by atoms with Crippen molar-refractivity contribution in [2.75, 3.05) is 58.9 Å². The number of aliphatic carboxylic acids is 3. The number of carboxylic acid groups (broad SMARTS) is 3. The van der Waals surface area contributed by atoms with Crippen molar-refractivity contribution in [1.82, 2.24) is 19.6 Å². The van der Waals surface area contributed by atoms with Crippen LogP contribution >= 0.6 is 0 Å². The molecule has 0 aliphatic carbocycles. The summed E-state index contributed by atoms with van der Waals surface area (Å²) >= 11 is 0. The van der Waals surface area contributed by atoms with Crippen LogP contribution in [0.4, 0.5) is 0 Å². The van der Waals surface area contributed by atoms with Crippen LogP contribution in [0.2, 0.25) is 0 Å². The highest BCUT2D eigenvalue weighted by Gasteiger charge is 2.37. The summed E-state index contributed by atoms with van der Waals surface area (Å²) in [6.07, 6.45) is -4.13. The lowest BCUT2D eigenvalue weighted by molar-refractivity contribution is -0.194. The maximum atomic E-state index is 12.4. The van der Waals surface area contributed by atoms with Crippen molar-refractivity contribution in [2.45, 2.75) is 97.8 Å². The van der Waals surface area contributed by atoms with Crippen LogP contribution in [-0.4, -0.2) is 153 Å². The Kier molecular flexibility index (Phi) is 14.4. The van der Waals surface area contributed by atoms with E-state index in [-0.39, 0.29) is 58.9 Å². The molecular weight excluding hydrogens is 566 g/mol. The fraction of sp³-hybridized carbons (Fsp3) is 0.857. The van der Waals surface area contributed by atoms with E-state index in [1.54, 1.807) is 81.9 Å². The van der Waals surface area contributed by atoms with E-state index in [1.807, 2.05) is 0 Å². The predicted molar refractivity (Wildman–Crippen MR) is 157 cm³/mol. The third-order valence-corrected chi connectivity index (χ3v) is 6.16. The normalized spacial score (nSPS) is 20.4. The summed E-state index contributed by atoms with van der Waals surface area (Å²) < 4.78 is 17.7. The Balaban J connectivity index is 3.59. The van der Waals surface area contributed by atoms with Crippen LogP contribution in [0.25, 0.3) is 0 Å². The minimum Gasteiger partial charge on any atom is -0.478 e. The molecule has 3 unspecified atom stereocenters. The number of nitrogens with two attached hydrogens (primary N) is 1. The second-order valence-corrected chi connectivity index (χ2v) is 13.6. The SMILES string of the molecule is CC(C)(C)OC(C(=O)O)N1CCN(CC(N)=O)CCN(C(OC(C)(C)C)C(=O)O)CCN(C(OC(C)(C)C)C(=O)O)CC1. The number of carboxylic acids is 3. The molecule has 1 aliphatic heterocycles. The molecule has 0 spiro atoms. The second-order valence-electron chi connectivity index (χ2n) is 13.6. The highest BCUT2D eigenvalue weighted by molar-refractivity contribution is 5.76. The number of ether oxygens (including phenoxy) is 3. The van der Waals surface area contributed by atoms with Crippen LogP contribution < -0.4 is 5.73 Å². The van der Waals surface area contributed by atoms with Crippen molar-refractivity contribution in [2.24, 2.45) is 5.73 Å². The standard InChI is InChI=1S/C28H53N5O10/c1-26(2,3)41-20(23(35)36)31-12-10-30(18-19(29)34)11-13-32(21(24(37)38)42-27(4,5)6)15-17-33(16-14-31)22(25(39)40)43-28(7,8)9/h20-22H,10-18H2,1-9H3,(H2,29,34)(H,35,36)(H,37,38)(H,39,40). The number of primary amides is 1. The lowest BCUT2D eigenvalue weighted by Gasteiger charge is -2.40. The smallest absolute Gasteiger partial charge is 0.348 e. The van der Waals surface area contributed by atoms with Gasteiger partial charge in [0.15, 0.2) is 0 Å². The van der Waals surface area contributed by atoms with Gasteiger partial charge in [-0.15, -0.1) is 0 Å². The number of carbonyl (C=O) groups is 4. The lowest BCUT2D eigenvalue weighted by Crippen LogP contribution is -2.57. The molecule has 1 rings (SSSR count). The molecule has 0 aromatic carbocycles. The van der Waals surface area contributed by atoms with E-state index in [2.05, 4.69) is 0 Å². The molecule has 1 amide bonds. The zero-order valence-corrected chi connectivity index (χ0v) is 27.2. The molecule has 1 aliphatic rings. The molecule has 5 N–H and O–H groups in total. The van der Waals surface area contributed by atoms with Gasteiger partial charge in [0.1, 0.15) is 0 Å². The van der Waals surface area contributed by atoms with E-state index < -0.39 is 59.3 Å². The molecule has 0 aromatic heterocycles. The van der Waals surface area contributed by atoms with Crippen LogP contribution in [-0.2, 0) is 33.4 Å². The molecule has 1 saturated heterocycles. The first kappa shape index (κ1) is 38.6. The van der Waals surface area contributed by atoms with Gasteiger partial charge in [0.05, 0.1) is 23.3 Å². The Morgan fingerprint density at radius 1 is 0.558 bits per heavy atom. The van der Waals surface area contributed by atoms with E-state index >= 15 is 0 Å². The molecular formula is C28H53N5O10. The van der Waals surface area contributed by atoms with Crippen molar-refractivity contribution in [1.29, 1.82) is 0 Å². The molecule has 0 radical (unpaired) electrons. The average molecular weight is 620 g/mol. The zero-order valence-electron chi connectivity index (χ0n) is 27.2. The Labute approximate surface area is 254 Å². The molecule has 15 heteroatoms. The van der Waals surface area contributed by atoms with Gasteiger partial charge in [0, 0.05) is 52.4 Å². The predicted octanol–water partition coefficient (Wildman–Crippen LogP) is 0.371. The minimum atomic E-state index is -1.41. The van der Waals surface area contributed by atoms with Gasteiger partial charge in [-0.25, -0.2) is 14.4 Å². The molecule has 15 nitrogen and oxygen atoms in total. The first-order valence-electron chi connectivity index (χ1n) is 14.4. The Hall–Kier alpha value is -2.40. The van der Waals surface area contributed by atoms with Crippen LogP contribution in [0.1, 0.15) is 62.3 Å². The van der Waals surface area contributed by atoms with Crippen molar-refractivity contribution in [3.8, 4) is 0 Å². The first-order chi connectivity index (χ1) is 19.5. The summed E-state index contributed by atoms with van der Waals surface area (Å²) in [4.78, 5) is 55.5. The number of rotatable bonds is 11. The van der Waals surface area contributed by atoms with E-state index in [0.717, 1.165) is 0 Å². The summed E-state index contributed by atoms with van der Waals surface area (Å²) in [6.45, 7) is 16.3. The van der Waals surface area contributed by atoms with Gasteiger partial charge in [-0.3, -0.25) is 24.4 Å². The van der Waals surface area contributed by atoms with Gasteiger partial charge < -0.3 is 35.3 Å². The maximum absolute atomic E-state index is 12.4. The van der Waals surface area contributed by atoms with Crippen molar-refractivity contribution in [3.63, 3.8) is 0 Å². The number of hydrogen-bond acceptors (Lipinski definition) is 11. The molecule has 1 fully saturated rings. The summed E-state index contributed by atoms with van der Waals surface area (Å²) in [5.41, 5.74) is 3.05. The van der Waals surface area contributed by atoms with Crippen molar-refractivity contribution < 1.29 is 48.7 Å². The van der Waals surface area contributed by atoms with Crippen molar-refractivity contribution >= 4 is 23.8 Å². The maximum Gasteiger partial charge on any atom is 0.348 e. The highest BCUT2D eigenvalue weighted by Crippen LogP contribution is 2.20. The fourth-order valence-electron chi connectivity index (χ4n) is 4.43. The number of amides is 1. The van der Waals surface area contributed by atoms with E-state index in [1.165, 1.54) is 0 Å². The molecule has 1 heterocycles.